The van der Waals surface area contributed by atoms with Crippen molar-refractivity contribution in [2.45, 2.75) is 24.9 Å². The smallest absolute Gasteiger partial charge is 0.320 e. The number of carboxylic acid groups (broad SMARTS) is 2. The van der Waals surface area contributed by atoms with E-state index in [0.29, 0.717) is 0 Å². The molecular weight excluding hydrogens is 307 g/mol. The van der Waals surface area contributed by atoms with E-state index in [1.165, 1.54) is 0 Å². The summed E-state index contributed by atoms with van der Waals surface area (Å²) in [5, 5.41) is 17.4. The van der Waals surface area contributed by atoms with Gasteiger partial charge < -0.3 is 21.7 Å². The van der Waals surface area contributed by atoms with Crippen LogP contribution in [0.4, 0.5) is 0 Å². The van der Waals surface area contributed by atoms with Gasteiger partial charge in [-0.15, -0.1) is 24.8 Å². The maximum Gasteiger partial charge on any atom is 0.320 e. The van der Waals surface area contributed by atoms with Crippen LogP contribution < -0.4 is 11.5 Å². The van der Waals surface area contributed by atoms with Crippen molar-refractivity contribution in [2.75, 3.05) is 0 Å². The van der Waals surface area contributed by atoms with Crippen molar-refractivity contribution in [3.63, 3.8) is 0 Å². The summed E-state index contributed by atoms with van der Waals surface area (Å²) in [5.41, 5.74) is 12.4. The first-order valence-electron chi connectivity index (χ1n) is 5.44. The van der Waals surface area contributed by atoms with Crippen molar-refractivity contribution in [1.82, 2.24) is 0 Å². The van der Waals surface area contributed by atoms with Crippen molar-refractivity contribution in [3.8, 4) is 0 Å². The third-order valence-corrected chi connectivity index (χ3v) is 2.54. The number of rotatable bonds is 6. The van der Waals surface area contributed by atoms with Crippen molar-refractivity contribution in [1.29, 1.82) is 0 Å². The Kier molecular flexibility index (Phi) is 10.0. The minimum Gasteiger partial charge on any atom is -0.480 e. The largest absolute Gasteiger partial charge is 0.480 e. The topological polar surface area (TPSA) is 127 Å². The number of carboxylic acids is 2. The molecule has 0 aliphatic rings. The first kappa shape index (κ1) is 21.0. The van der Waals surface area contributed by atoms with E-state index >= 15 is 0 Å². The molecule has 20 heavy (non-hydrogen) atoms. The van der Waals surface area contributed by atoms with E-state index < -0.39 is 24.0 Å². The molecule has 6 nitrogen and oxygen atoms in total. The van der Waals surface area contributed by atoms with Gasteiger partial charge in [-0.1, -0.05) is 24.3 Å². The molecule has 0 amide bonds. The standard InChI is InChI=1S/C12H16N2O4.2ClH/c13-9(11(15)16)5-7-2-1-3-8(4-7)6-10(14)12(17)18;;/h1-4,9-10H,5-6,13-14H2,(H,15,16)(H,17,18);2*1H/t9-,10-;;/m0../s1. The van der Waals surface area contributed by atoms with Crippen LogP contribution >= 0.6 is 24.8 Å². The van der Waals surface area contributed by atoms with Crippen LogP contribution in [-0.2, 0) is 22.4 Å². The summed E-state index contributed by atoms with van der Waals surface area (Å²) in [6, 6.07) is 5.03. The van der Waals surface area contributed by atoms with Gasteiger partial charge in [0.15, 0.2) is 0 Å². The summed E-state index contributed by atoms with van der Waals surface area (Å²) < 4.78 is 0. The third kappa shape index (κ3) is 6.72. The highest BCUT2D eigenvalue weighted by atomic mass is 35.5. The number of carbonyl (C=O) groups is 2. The molecule has 0 fully saturated rings. The molecule has 0 saturated carbocycles. The van der Waals surface area contributed by atoms with Crippen LogP contribution in [0.15, 0.2) is 24.3 Å². The number of hydrogen-bond donors (Lipinski definition) is 4. The average molecular weight is 325 g/mol. The van der Waals surface area contributed by atoms with E-state index in [4.69, 9.17) is 21.7 Å². The van der Waals surface area contributed by atoms with E-state index in [1.54, 1.807) is 24.3 Å². The lowest BCUT2D eigenvalue weighted by atomic mass is 10.0. The molecule has 6 N–H and O–H groups in total. The highest BCUT2D eigenvalue weighted by Gasteiger charge is 2.14. The van der Waals surface area contributed by atoms with Gasteiger partial charge in [-0.3, -0.25) is 9.59 Å². The Balaban J connectivity index is 0. The van der Waals surface area contributed by atoms with Gasteiger partial charge in [0.2, 0.25) is 0 Å². The van der Waals surface area contributed by atoms with Crippen LogP contribution in [0.1, 0.15) is 11.1 Å². The van der Waals surface area contributed by atoms with Crippen LogP contribution in [0.2, 0.25) is 0 Å². The molecule has 1 aromatic rings. The Bertz CT molecular complexity index is 420. The molecule has 0 aromatic heterocycles. The molecule has 0 radical (unpaired) electrons. The molecular formula is C12H18Cl2N2O4. The van der Waals surface area contributed by atoms with E-state index in [0.717, 1.165) is 11.1 Å². The van der Waals surface area contributed by atoms with Gasteiger partial charge in [-0.05, 0) is 24.0 Å². The predicted octanol–water partition coefficient (Wildman–Crippen LogP) is 0.439. The van der Waals surface area contributed by atoms with E-state index in [-0.39, 0.29) is 37.7 Å². The summed E-state index contributed by atoms with van der Waals surface area (Å²) in [7, 11) is 0. The molecule has 1 aromatic carbocycles. The van der Waals surface area contributed by atoms with Crippen LogP contribution in [0, 0.1) is 0 Å². The number of halogens is 2. The maximum atomic E-state index is 10.6. The lowest BCUT2D eigenvalue weighted by Crippen LogP contribution is -2.33. The van der Waals surface area contributed by atoms with Crippen LogP contribution in [0.5, 0.6) is 0 Å². The zero-order chi connectivity index (χ0) is 13.7. The Morgan fingerprint density at radius 2 is 1.30 bits per heavy atom. The van der Waals surface area contributed by atoms with E-state index in [9.17, 15) is 9.59 Å². The second-order valence-corrected chi connectivity index (χ2v) is 4.12. The minimum atomic E-state index is -1.07. The van der Waals surface area contributed by atoms with Gasteiger partial charge in [0, 0.05) is 0 Å². The Hall–Kier alpha value is -1.34. The monoisotopic (exact) mass is 324 g/mol. The fraction of sp³-hybridized carbons (Fsp3) is 0.333. The van der Waals surface area contributed by atoms with Crippen LogP contribution in [-0.4, -0.2) is 34.2 Å². The summed E-state index contributed by atoms with van der Waals surface area (Å²) in [6.45, 7) is 0. The van der Waals surface area contributed by atoms with Gasteiger partial charge in [-0.25, -0.2) is 0 Å². The lowest BCUT2D eigenvalue weighted by Gasteiger charge is -2.10. The molecule has 0 saturated heterocycles. The summed E-state index contributed by atoms with van der Waals surface area (Å²) in [6.07, 6.45) is 0.400. The SMILES string of the molecule is Cl.Cl.N[C@@H](Cc1cccc(C[C@H](N)C(=O)O)c1)C(=O)O. The molecule has 0 aliphatic carbocycles. The molecule has 0 bridgehead atoms. The number of aliphatic carboxylic acids is 2. The zero-order valence-electron chi connectivity index (χ0n) is 10.6. The van der Waals surface area contributed by atoms with Gasteiger partial charge in [0.1, 0.15) is 12.1 Å². The lowest BCUT2D eigenvalue weighted by molar-refractivity contribution is -0.139. The molecule has 0 aliphatic heterocycles. The van der Waals surface area contributed by atoms with Crippen molar-refractivity contribution in [2.24, 2.45) is 11.5 Å². The molecule has 114 valence electrons. The van der Waals surface area contributed by atoms with E-state index in [2.05, 4.69) is 0 Å². The summed E-state index contributed by atoms with van der Waals surface area (Å²) in [4.78, 5) is 21.3. The average Bonchev–Trinajstić information content (AvgIpc) is 2.29. The normalized spacial score (nSPS) is 12.5. The molecule has 2 atom stereocenters. The van der Waals surface area contributed by atoms with Gasteiger partial charge >= 0.3 is 11.9 Å². The molecule has 0 unspecified atom stereocenters. The Morgan fingerprint density at radius 3 is 1.60 bits per heavy atom. The van der Waals surface area contributed by atoms with Crippen LogP contribution in [0.3, 0.4) is 0 Å². The van der Waals surface area contributed by atoms with Gasteiger partial charge in [0.05, 0.1) is 0 Å². The summed E-state index contributed by atoms with van der Waals surface area (Å²) >= 11 is 0. The fourth-order valence-corrected chi connectivity index (χ4v) is 1.57. The molecule has 0 heterocycles. The highest BCUT2D eigenvalue weighted by molar-refractivity contribution is 5.85. The first-order valence-corrected chi connectivity index (χ1v) is 5.44. The third-order valence-electron chi connectivity index (χ3n) is 2.54. The second kappa shape index (κ2) is 9.55. The molecule has 0 spiro atoms. The quantitative estimate of drug-likeness (QED) is 0.601. The Labute approximate surface area is 129 Å². The van der Waals surface area contributed by atoms with Crippen LogP contribution in [0.25, 0.3) is 0 Å². The van der Waals surface area contributed by atoms with Gasteiger partial charge in [0.25, 0.3) is 0 Å². The molecule has 8 heteroatoms. The number of hydrogen-bond acceptors (Lipinski definition) is 4. The van der Waals surface area contributed by atoms with E-state index in [1.807, 2.05) is 0 Å². The van der Waals surface area contributed by atoms with Crippen molar-refractivity contribution < 1.29 is 19.8 Å². The molecule has 1 rings (SSSR count). The fourth-order valence-electron chi connectivity index (χ4n) is 1.57. The summed E-state index contributed by atoms with van der Waals surface area (Å²) in [5.74, 6) is -2.13. The zero-order valence-corrected chi connectivity index (χ0v) is 12.2. The first-order chi connectivity index (χ1) is 8.40. The van der Waals surface area contributed by atoms with Crippen molar-refractivity contribution >= 4 is 36.8 Å². The van der Waals surface area contributed by atoms with Gasteiger partial charge in [-0.2, -0.15) is 0 Å². The second-order valence-electron chi connectivity index (χ2n) is 4.12. The minimum absolute atomic E-state index is 0. The highest BCUT2D eigenvalue weighted by Crippen LogP contribution is 2.09. The predicted molar refractivity (Wildman–Crippen MR) is 79.6 cm³/mol. The van der Waals surface area contributed by atoms with Crippen molar-refractivity contribution in [3.05, 3.63) is 35.4 Å². The number of benzene rings is 1. The maximum absolute atomic E-state index is 10.6. The number of nitrogens with two attached hydrogens (primary N) is 2. The Morgan fingerprint density at radius 1 is 0.950 bits per heavy atom.